The van der Waals surface area contributed by atoms with Crippen molar-refractivity contribution in [3.63, 3.8) is 0 Å². The van der Waals surface area contributed by atoms with Crippen LogP contribution in [0.4, 0.5) is 5.69 Å². The van der Waals surface area contributed by atoms with Crippen LogP contribution in [-0.2, 0) is 4.74 Å². The average Bonchev–Trinajstić information content (AvgIpc) is 2.60. The molecular formula is C20H26N2O4. The normalized spacial score (nSPS) is 32.0. The second kappa shape index (κ2) is 6.65. The van der Waals surface area contributed by atoms with Crippen LogP contribution in [0, 0.1) is 27.9 Å². The number of carbonyl (C=O) groups is 1. The first-order chi connectivity index (χ1) is 12.5. The van der Waals surface area contributed by atoms with Crippen molar-refractivity contribution in [2.45, 2.75) is 44.1 Å². The minimum atomic E-state index is -0.615. The Morgan fingerprint density at radius 2 is 1.77 bits per heavy atom. The number of ether oxygens (including phenoxy) is 1. The van der Waals surface area contributed by atoms with E-state index in [0.717, 1.165) is 17.8 Å². The number of nitrogens with zero attached hydrogens (tertiary/aromatic N) is 2. The summed E-state index contributed by atoms with van der Waals surface area (Å²) in [6.07, 6.45) is 8.02. The van der Waals surface area contributed by atoms with Gasteiger partial charge in [-0.3, -0.25) is 15.0 Å². The molecule has 0 saturated heterocycles. The lowest BCUT2D eigenvalue weighted by atomic mass is 9.52. The largest absolute Gasteiger partial charge is 0.461 e. The van der Waals surface area contributed by atoms with E-state index in [4.69, 9.17) is 4.74 Å². The quantitative estimate of drug-likeness (QED) is 0.441. The van der Waals surface area contributed by atoms with Crippen LogP contribution in [0.5, 0.6) is 0 Å². The molecule has 4 aliphatic carbocycles. The Balaban J connectivity index is 1.35. The topological polar surface area (TPSA) is 72.7 Å². The van der Waals surface area contributed by atoms with Crippen LogP contribution in [-0.4, -0.2) is 41.5 Å². The van der Waals surface area contributed by atoms with Gasteiger partial charge >= 0.3 is 5.97 Å². The summed E-state index contributed by atoms with van der Waals surface area (Å²) >= 11 is 0. The first kappa shape index (κ1) is 17.5. The highest BCUT2D eigenvalue weighted by atomic mass is 16.6. The molecule has 0 spiro atoms. The maximum Gasteiger partial charge on any atom is 0.345 e. The van der Waals surface area contributed by atoms with Gasteiger partial charge in [0.1, 0.15) is 12.2 Å². The van der Waals surface area contributed by atoms with Crippen molar-refractivity contribution in [3.8, 4) is 0 Å². The lowest BCUT2D eigenvalue weighted by Crippen LogP contribution is -2.59. The van der Waals surface area contributed by atoms with Gasteiger partial charge in [-0.2, -0.15) is 0 Å². The lowest BCUT2D eigenvalue weighted by Gasteiger charge is -2.60. The number of nitro benzene ring substituents is 1. The van der Waals surface area contributed by atoms with E-state index in [1.807, 2.05) is 0 Å². The van der Waals surface area contributed by atoms with Crippen molar-refractivity contribution in [1.82, 2.24) is 4.90 Å². The molecule has 0 aromatic heterocycles. The first-order valence-electron chi connectivity index (χ1n) is 9.58. The fourth-order valence-corrected chi connectivity index (χ4v) is 5.93. The van der Waals surface area contributed by atoms with Crippen molar-refractivity contribution in [1.29, 1.82) is 0 Å². The van der Waals surface area contributed by atoms with Gasteiger partial charge in [0.2, 0.25) is 0 Å². The van der Waals surface area contributed by atoms with Gasteiger partial charge in [-0.25, -0.2) is 4.79 Å². The van der Waals surface area contributed by atoms with Crippen molar-refractivity contribution in [2.24, 2.45) is 17.8 Å². The zero-order valence-corrected chi connectivity index (χ0v) is 15.2. The molecule has 1 aromatic carbocycles. The molecule has 0 radical (unpaired) electrons. The molecule has 4 bridgehead atoms. The fraction of sp³-hybridized carbons (Fsp3) is 0.650. The van der Waals surface area contributed by atoms with E-state index in [1.54, 1.807) is 12.1 Å². The van der Waals surface area contributed by atoms with E-state index in [-0.39, 0.29) is 23.4 Å². The molecule has 26 heavy (non-hydrogen) atoms. The van der Waals surface area contributed by atoms with Crippen molar-refractivity contribution in [2.75, 3.05) is 20.2 Å². The SMILES string of the molecule is CN(CCOC(=O)c1ccccc1[N+](=O)[O-])C12CC3CC(CC(C3)C1)C2. The Morgan fingerprint density at radius 3 is 2.35 bits per heavy atom. The van der Waals surface area contributed by atoms with Gasteiger partial charge in [0, 0.05) is 18.2 Å². The molecule has 0 unspecified atom stereocenters. The van der Waals surface area contributed by atoms with Gasteiger partial charge in [-0.05, 0) is 69.4 Å². The number of esters is 1. The molecule has 1 aromatic rings. The van der Waals surface area contributed by atoms with E-state index in [1.165, 1.54) is 50.7 Å². The third-order valence-corrected chi connectivity index (χ3v) is 6.80. The van der Waals surface area contributed by atoms with Crippen LogP contribution >= 0.6 is 0 Å². The first-order valence-corrected chi connectivity index (χ1v) is 9.58. The number of nitro groups is 1. The Kier molecular flexibility index (Phi) is 4.47. The average molecular weight is 358 g/mol. The molecule has 0 heterocycles. The number of para-hydroxylation sites is 1. The third kappa shape index (κ3) is 3.11. The molecule has 4 aliphatic rings. The van der Waals surface area contributed by atoms with Crippen LogP contribution in [0.15, 0.2) is 24.3 Å². The summed E-state index contributed by atoms with van der Waals surface area (Å²) in [5.74, 6) is 2.01. The second-order valence-corrected chi connectivity index (χ2v) is 8.47. The number of hydrogen-bond donors (Lipinski definition) is 0. The third-order valence-electron chi connectivity index (χ3n) is 6.80. The number of hydrogen-bond acceptors (Lipinski definition) is 5. The van der Waals surface area contributed by atoms with E-state index in [2.05, 4.69) is 11.9 Å². The second-order valence-electron chi connectivity index (χ2n) is 8.47. The molecule has 140 valence electrons. The van der Waals surface area contributed by atoms with Crippen molar-refractivity contribution in [3.05, 3.63) is 39.9 Å². The van der Waals surface area contributed by atoms with Gasteiger partial charge in [0.15, 0.2) is 0 Å². The number of likely N-dealkylation sites (N-methyl/N-ethyl adjacent to an activating group) is 1. The van der Waals surface area contributed by atoms with Gasteiger partial charge in [0.05, 0.1) is 4.92 Å². The highest BCUT2D eigenvalue weighted by molar-refractivity contribution is 5.93. The van der Waals surface area contributed by atoms with Gasteiger partial charge in [0.25, 0.3) is 5.69 Å². The summed E-state index contributed by atoms with van der Waals surface area (Å²) in [5, 5.41) is 11.1. The Bertz CT molecular complexity index is 682. The zero-order chi connectivity index (χ0) is 18.3. The number of carbonyl (C=O) groups excluding carboxylic acids is 1. The number of rotatable bonds is 6. The fourth-order valence-electron chi connectivity index (χ4n) is 5.93. The molecule has 0 atom stereocenters. The molecule has 4 fully saturated rings. The highest BCUT2D eigenvalue weighted by Crippen LogP contribution is 2.57. The Morgan fingerprint density at radius 1 is 1.19 bits per heavy atom. The predicted molar refractivity (Wildman–Crippen MR) is 96.9 cm³/mol. The zero-order valence-electron chi connectivity index (χ0n) is 15.2. The van der Waals surface area contributed by atoms with E-state index >= 15 is 0 Å². The minimum absolute atomic E-state index is 0.0231. The van der Waals surface area contributed by atoms with Crippen molar-refractivity contribution < 1.29 is 14.5 Å². The van der Waals surface area contributed by atoms with E-state index < -0.39 is 10.9 Å². The molecule has 4 saturated carbocycles. The molecule has 0 aliphatic heterocycles. The minimum Gasteiger partial charge on any atom is -0.461 e. The summed E-state index contributed by atoms with van der Waals surface area (Å²) in [6.45, 7) is 0.946. The van der Waals surface area contributed by atoms with Crippen LogP contribution < -0.4 is 0 Å². The van der Waals surface area contributed by atoms with Crippen LogP contribution in [0.3, 0.4) is 0 Å². The standard InChI is InChI=1S/C20H26N2O4/c1-21(20-11-14-8-15(12-20)10-16(9-14)13-20)6-7-26-19(23)17-4-2-3-5-18(17)22(24)25/h2-5,14-16H,6-13H2,1H3. The summed E-state index contributed by atoms with van der Waals surface area (Å²) in [4.78, 5) is 25.2. The monoisotopic (exact) mass is 358 g/mol. The predicted octanol–water partition coefficient (Wildman–Crippen LogP) is 3.65. The summed E-state index contributed by atoms with van der Waals surface area (Å²) in [6, 6.07) is 5.95. The van der Waals surface area contributed by atoms with Gasteiger partial charge in [-0.1, -0.05) is 12.1 Å². The lowest BCUT2D eigenvalue weighted by molar-refractivity contribution is -0.385. The van der Waals surface area contributed by atoms with Crippen LogP contribution in [0.25, 0.3) is 0 Å². The van der Waals surface area contributed by atoms with Crippen molar-refractivity contribution >= 4 is 11.7 Å². The van der Waals surface area contributed by atoms with E-state index in [0.29, 0.717) is 6.54 Å². The molecule has 0 amide bonds. The molecular weight excluding hydrogens is 332 g/mol. The maximum absolute atomic E-state index is 12.3. The molecule has 5 rings (SSSR count). The van der Waals surface area contributed by atoms with Gasteiger partial charge < -0.3 is 4.74 Å². The van der Waals surface area contributed by atoms with Gasteiger partial charge in [-0.15, -0.1) is 0 Å². The highest BCUT2D eigenvalue weighted by Gasteiger charge is 2.52. The summed E-state index contributed by atoms with van der Waals surface area (Å²) < 4.78 is 5.37. The van der Waals surface area contributed by atoms with Crippen LogP contribution in [0.2, 0.25) is 0 Å². The Labute approximate surface area is 153 Å². The summed E-state index contributed by atoms with van der Waals surface area (Å²) in [7, 11) is 2.14. The Hall–Kier alpha value is -1.95. The smallest absolute Gasteiger partial charge is 0.345 e. The molecule has 6 nitrogen and oxygen atoms in total. The molecule has 6 heteroatoms. The van der Waals surface area contributed by atoms with E-state index in [9.17, 15) is 14.9 Å². The maximum atomic E-state index is 12.3. The number of benzene rings is 1. The summed E-state index contributed by atoms with van der Waals surface area (Å²) in [5.41, 5.74) is 0.0989. The molecule has 0 N–H and O–H groups in total. The van der Waals surface area contributed by atoms with Crippen LogP contribution in [0.1, 0.15) is 48.9 Å².